The highest BCUT2D eigenvalue weighted by Gasteiger charge is 2.16. The van der Waals surface area contributed by atoms with Crippen LogP contribution in [-0.2, 0) is 6.54 Å². The maximum Gasteiger partial charge on any atom is 0.0271 e. The fourth-order valence-electron chi connectivity index (χ4n) is 2.35. The molecule has 0 bridgehead atoms. The first-order chi connectivity index (χ1) is 7.86. The number of halogens is 1. The standard InChI is InChI=1S/C13H21N3.ClH/c1-16(11-12-4-8-15-9-5-12)13-3-2-7-14-10-6-13;/h4-5,8-9,13-14H,2-3,6-7,10-11H2,1H3;1H. The molecule has 17 heavy (non-hydrogen) atoms. The Kier molecular flexibility index (Phi) is 6.48. The fourth-order valence-corrected chi connectivity index (χ4v) is 2.35. The van der Waals surface area contributed by atoms with Crippen LogP contribution in [0.1, 0.15) is 24.8 Å². The predicted octanol–water partition coefficient (Wildman–Crippen LogP) is 2.08. The van der Waals surface area contributed by atoms with Crippen LogP contribution in [0, 0.1) is 0 Å². The van der Waals surface area contributed by atoms with Crippen LogP contribution in [0.25, 0.3) is 0 Å². The molecule has 1 aliphatic rings. The van der Waals surface area contributed by atoms with Crippen molar-refractivity contribution in [3.8, 4) is 0 Å². The van der Waals surface area contributed by atoms with Gasteiger partial charge in [0.2, 0.25) is 0 Å². The molecular weight excluding hydrogens is 234 g/mol. The molecule has 2 rings (SSSR count). The van der Waals surface area contributed by atoms with Gasteiger partial charge >= 0.3 is 0 Å². The van der Waals surface area contributed by atoms with Crippen molar-refractivity contribution >= 4 is 12.4 Å². The van der Waals surface area contributed by atoms with E-state index < -0.39 is 0 Å². The number of nitrogens with one attached hydrogen (secondary N) is 1. The van der Waals surface area contributed by atoms with E-state index in [1.165, 1.54) is 31.4 Å². The summed E-state index contributed by atoms with van der Waals surface area (Å²) in [5.41, 5.74) is 1.36. The number of rotatable bonds is 3. The van der Waals surface area contributed by atoms with Crippen LogP contribution in [0.2, 0.25) is 0 Å². The van der Waals surface area contributed by atoms with Gasteiger partial charge in [-0.15, -0.1) is 12.4 Å². The van der Waals surface area contributed by atoms with Crippen LogP contribution >= 0.6 is 12.4 Å². The normalized spacial score (nSPS) is 20.7. The van der Waals surface area contributed by atoms with Crippen molar-refractivity contribution in [3.05, 3.63) is 30.1 Å². The molecule has 0 radical (unpaired) electrons. The van der Waals surface area contributed by atoms with Gasteiger partial charge in [0.15, 0.2) is 0 Å². The lowest BCUT2D eigenvalue weighted by molar-refractivity contribution is 0.216. The number of aromatic nitrogens is 1. The molecule has 1 aromatic heterocycles. The Bertz CT molecular complexity index is 297. The van der Waals surface area contributed by atoms with E-state index in [9.17, 15) is 0 Å². The van der Waals surface area contributed by atoms with Crippen molar-refractivity contribution in [1.82, 2.24) is 15.2 Å². The molecule has 0 aliphatic carbocycles. The molecular formula is C13H22ClN3. The smallest absolute Gasteiger partial charge is 0.0271 e. The summed E-state index contributed by atoms with van der Waals surface area (Å²) >= 11 is 0. The Hall–Kier alpha value is -0.640. The number of nitrogens with zero attached hydrogens (tertiary/aromatic N) is 2. The quantitative estimate of drug-likeness (QED) is 0.897. The van der Waals surface area contributed by atoms with Gasteiger partial charge in [0.05, 0.1) is 0 Å². The van der Waals surface area contributed by atoms with E-state index in [-0.39, 0.29) is 12.4 Å². The zero-order chi connectivity index (χ0) is 11.2. The van der Waals surface area contributed by atoms with Gasteiger partial charge in [-0.2, -0.15) is 0 Å². The summed E-state index contributed by atoms with van der Waals surface area (Å²) in [5, 5.41) is 3.46. The molecule has 1 fully saturated rings. The van der Waals surface area contributed by atoms with Gasteiger partial charge in [-0.05, 0) is 57.1 Å². The van der Waals surface area contributed by atoms with E-state index in [1.807, 2.05) is 12.4 Å². The highest BCUT2D eigenvalue weighted by Crippen LogP contribution is 2.14. The molecule has 0 aromatic carbocycles. The zero-order valence-corrected chi connectivity index (χ0v) is 11.2. The minimum atomic E-state index is 0. The molecule has 2 heterocycles. The first-order valence-electron chi connectivity index (χ1n) is 6.16. The first-order valence-corrected chi connectivity index (χ1v) is 6.16. The van der Waals surface area contributed by atoms with E-state index in [2.05, 4.69) is 34.4 Å². The molecule has 4 heteroatoms. The molecule has 1 aromatic rings. The summed E-state index contributed by atoms with van der Waals surface area (Å²) in [6.45, 7) is 3.37. The van der Waals surface area contributed by atoms with Crippen molar-refractivity contribution in [3.63, 3.8) is 0 Å². The van der Waals surface area contributed by atoms with E-state index in [0.29, 0.717) is 0 Å². The van der Waals surface area contributed by atoms with Crippen molar-refractivity contribution in [2.24, 2.45) is 0 Å². The molecule has 1 saturated heterocycles. The Morgan fingerprint density at radius 2 is 2.06 bits per heavy atom. The molecule has 1 aliphatic heterocycles. The maximum absolute atomic E-state index is 4.05. The van der Waals surface area contributed by atoms with Crippen molar-refractivity contribution in [2.75, 3.05) is 20.1 Å². The van der Waals surface area contributed by atoms with E-state index in [1.54, 1.807) is 0 Å². The minimum Gasteiger partial charge on any atom is -0.317 e. The highest BCUT2D eigenvalue weighted by atomic mass is 35.5. The second kappa shape index (κ2) is 7.64. The summed E-state index contributed by atoms with van der Waals surface area (Å²) in [4.78, 5) is 6.53. The first kappa shape index (κ1) is 14.4. The molecule has 96 valence electrons. The molecule has 3 nitrogen and oxygen atoms in total. The van der Waals surface area contributed by atoms with Crippen molar-refractivity contribution in [2.45, 2.75) is 31.8 Å². The average Bonchev–Trinajstić information content (AvgIpc) is 2.59. The van der Waals surface area contributed by atoms with E-state index in [0.717, 1.165) is 19.1 Å². The summed E-state index contributed by atoms with van der Waals surface area (Å²) in [5.74, 6) is 0. The van der Waals surface area contributed by atoms with Gasteiger partial charge < -0.3 is 5.32 Å². The lowest BCUT2D eigenvalue weighted by Gasteiger charge is -2.26. The van der Waals surface area contributed by atoms with Gasteiger partial charge in [-0.1, -0.05) is 0 Å². The third-order valence-electron chi connectivity index (χ3n) is 3.35. The summed E-state index contributed by atoms with van der Waals surface area (Å²) in [6.07, 6.45) is 7.62. The van der Waals surface area contributed by atoms with Crippen LogP contribution < -0.4 is 5.32 Å². The monoisotopic (exact) mass is 255 g/mol. The Morgan fingerprint density at radius 3 is 2.82 bits per heavy atom. The van der Waals surface area contributed by atoms with Crippen LogP contribution in [-0.4, -0.2) is 36.1 Å². The highest BCUT2D eigenvalue weighted by molar-refractivity contribution is 5.85. The molecule has 0 saturated carbocycles. The molecule has 1 unspecified atom stereocenters. The predicted molar refractivity (Wildman–Crippen MR) is 73.5 cm³/mol. The number of pyridine rings is 1. The van der Waals surface area contributed by atoms with E-state index in [4.69, 9.17) is 0 Å². The molecule has 0 amide bonds. The van der Waals surface area contributed by atoms with Crippen LogP contribution in [0.5, 0.6) is 0 Å². The maximum atomic E-state index is 4.05. The van der Waals surface area contributed by atoms with Gasteiger partial charge in [-0.25, -0.2) is 0 Å². The molecule has 0 spiro atoms. The second-order valence-electron chi connectivity index (χ2n) is 4.61. The zero-order valence-electron chi connectivity index (χ0n) is 10.4. The topological polar surface area (TPSA) is 28.2 Å². The SMILES string of the molecule is CN(Cc1ccncc1)C1CCCNCC1.Cl. The largest absolute Gasteiger partial charge is 0.317 e. The third kappa shape index (κ3) is 4.62. The summed E-state index contributed by atoms with van der Waals surface area (Å²) in [7, 11) is 2.23. The van der Waals surface area contributed by atoms with Gasteiger partial charge in [0.25, 0.3) is 0 Å². The van der Waals surface area contributed by atoms with Crippen molar-refractivity contribution < 1.29 is 0 Å². The average molecular weight is 256 g/mol. The van der Waals surface area contributed by atoms with Gasteiger partial charge in [0, 0.05) is 25.0 Å². The third-order valence-corrected chi connectivity index (χ3v) is 3.35. The van der Waals surface area contributed by atoms with Crippen molar-refractivity contribution in [1.29, 1.82) is 0 Å². The number of hydrogen-bond acceptors (Lipinski definition) is 3. The van der Waals surface area contributed by atoms with Crippen LogP contribution in [0.3, 0.4) is 0 Å². The minimum absolute atomic E-state index is 0. The van der Waals surface area contributed by atoms with Gasteiger partial charge in [-0.3, -0.25) is 9.88 Å². The fraction of sp³-hybridized carbons (Fsp3) is 0.615. The van der Waals surface area contributed by atoms with Gasteiger partial charge in [0.1, 0.15) is 0 Å². The van der Waals surface area contributed by atoms with Crippen LogP contribution in [0.15, 0.2) is 24.5 Å². The number of hydrogen-bond donors (Lipinski definition) is 1. The molecule has 1 N–H and O–H groups in total. The summed E-state index contributed by atoms with van der Waals surface area (Å²) < 4.78 is 0. The summed E-state index contributed by atoms with van der Waals surface area (Å²) in [6, 6.07) is 4.93. The van der Waals surface area contributed by atoms with Crippen LogP contribution in [0.4, 0.5) is 0 Å². The Balaban J connectivity index is 0.00000144. The lowest BCUT2D eigenvalue weighted by Crippen LogP contribution is -2.31. The lowest BCUT2D eigenvalue weighted by atomic mass is 10.1. The molecule has 1 atom stereocenters. The van der Waals surface area contributed by atoms with E-state index >= 15 is 0 Å². The Morgan fingerprint density at radius 1 is 1.29 bits per heavy atom. The Labute approximate surface area is 110 Å². The second-order valence-corrected chi connectivity index (χ2v) is 4.61.